The Morgan fingerprint density at radius 2 is 2.42 bits per heavy atom. The number of halogens is 1. The van der Waals surface area contributed by atoms with Gasteiger partial charge in [0.25, 0.3) is 5.91 Å². The van der Waals surface area contributed by atoms with Gasteiger partial charge in [0.05, 0.1) is 11.3 Å². The quantitative estimate of drug-likeness (QED) is 0.386. The van der Waals surface area contributed by atoms with E-state index in [0.29, 0.717) is 22.8 Å². The smallest absolute Gasteiger partial charge is 0.268 e. The zero-order chi connectivity index (χ0) is 13.8. The molecule has 0 radical (unpaired) electrons. The van der Waals surface area contributed by atoms with Crippen LogP contribution in [0.25, 0.3) is 0 Å². The first-order chi connectivity index (χ1) is 9.11. The van der Waals surface area contributed by atoms with Gasteiger partial charge in [-0.3, -0.25) is 10.2 Å². The van der Waals surface area contributed by atoms with Crippen molar-refractivity contribution in [2.24, 2.45) is 5.84 Å². The van der Waals surface area contributed by atoms with E-state index < -0.39 is 0 Å². The summed E-state index contributed by atoms with van der Waals surface area (Å²) in [7, 11) is 0. The molecule has 0 aliphatic carbocycles. The summed E-state index contributed by atoms with van der Waals surface area (Å²) >= 11 is 4.96. The summed E-state index contributed by atoms with van der Waals surface area (Å²) in [6.45, 7) is 1.73. The topological polar surface area (TPSA) is 81.2 Å². The molecule has 5 nitrogen and oxygen atoms in total. The first kappa shape index (κ1) is 14.1. The van der Waals surface area contributed by atoms with Gasteiger partial charge in [-0.1, -0.05) is 11.8 Å². The fraction of sp³-hybridized carbons (Fsp3) is 0.167. The number of nitrogens with zero attached hydrogens (tertiary/aromatic N) is 1. The molecule has 19 heavy (non-hydrogen) atoms. The molecule has 0 bridgehead atoms. The number of nitrogens with one attached hydrogen (secondary N) is 1. The van der Waals surface area contributed by atoms with Gasteiger partial charge in [0.1, 0.15) is 16.5 Å². The number of thioether (sulfide) groups is 1. The van der Waals surface area contributed by atoms with Crippen LogP contribution < -0.4 is 11.3 Å². The summed E-state index contributed by atoms with van der Waals surface area (Å²) in [5.74, 6) is 6.61. The molecule has 7 heteroatoms. The number of nitrogen functional groups attached to an aromatic ring is 1. The molecule has 0 aliphatic heterocycles. The van der Waals surface area contributed by atoms with Gasteiger partial charge in [-0.2, -0.15) is 0 Å². The molecule has 0 aromatic carbocycles. The number of hydrogen-bond acceptors (Lipinski definition) is 5. The van der Waals surface area contributed by atoms with Crippen molar-refractivity contribution in [1.82, 2.24) is 10.4 Å². The Bertz CT molecular complexity index is 600. The molecule has 100 valence electrons. The predicted octanol–water partition coefficient (Wildman–Crippen LogP) is 2.64. The second-order valence-electron chi connectivity index (χ2n) is 3.74. The van der Waals surface area contributed by atoms with Crippen molar-refractivity contribution in [2.45, 2.75) is 17.7 Å². The minimum atomic E-state index is -0.350. The standard InChI is InChI=1S/C12H12BrN3O2S/c1-7-9(11(17)16-14)5-8(18-7)6-19-12-10(13)3-2-4-15-12/h2-5H,6,14H2,1H3,(H,16,17). The number of pyridine rings is 1. The molecule has 0 fully saturated rings. The molecule has 2 aromatic rings. The van der Waals surface area contributed by atoms with Crippen LogP contribution in [-0.2, 0) is 5.75 Å². The zero-order valence-corrected chi connectivity index (χ0v) is 12.5. The zero-order valence-electron chi connectivity index (χ0n) is 10.1. The largest absolute Gasteiger partial charge is 0.465 e. The van der Waals surface area contributed by atoms with Crippen LogP contribution in [0.5, 0.6) is 0 Å². The summed E-state index contributed by atoms with van der Waals surface area (Å²) < 4.78 is 6.45. The van der Waals surface area contributed by atoms with E-state index in [1.54, 1.807) is 19.2 Å². The van der Waals surface area contributed by atoms with E-state index >= 15 is 0 Å². The number of hydrazine groups is 1. The summed E-state index contributed by atoms with van der Waals surface area (Å²) in [5, 5.41) is 0.876. The van der Waals surface area contributed by atoms with E-state index in [2.05, 4.69) is 26.3 Å². The molecule has 0 aliphatic rings. The molecule has 2 aromatic heterocycles. The number of carbonyl (C=O) groups excluding carboxylic acids is 1. The minimum absolute atomic E-state index is 0.350. The Morgan fingerprint density at radius 3 is 3.11 bits per heavy atom. The molecule has 0 saturated carbocycles. The van der Waals surface area contributed by atoms with Crippen LogP contribution in [0.1, 0.15) is 21.9 Å². The highest BCUT2D eigenvalue weighted by molar-refractivity contribution is 9.10. The van der Waals surface area contributed by atoms with Crippen LogP contribution in [-0.4, -0.2) is 10.9 Å². The third-order valence-electron chi connectivity index (χ3n) is 2.42. The number of amides is 1. The second-order valence-corrected chi connectivity index (χ2v) is 5.55. The number of nitrogens with two attached hydrogens (primary N) is 1. The highest BCUT2D eigenvalue weighted by Crippen LogP contribution is 2.28. The lowest BCUT2D eigenvalue weighted by atomic mass is 10.2. The van der Waals surface area contributed by atoms with Crippen molar-refractivity contribution in [2.75, 3.05) is 0 Å². The van der Waals surface area contributed by atoms with Crippen LogP contribution in [0.15, 0.2) is 38.3 Å². The molecular weight excluding hydrogens is 330 g/mol. The second kappa shape index (κ2) is 6.23. The van der Waals surface area contributed by atoms with Gasteiger partial charge < -0.3 is 4.42 Å². The van der Waals surface area contributed by atoms with Gasteiger partial charge in [0, 0.05) is 10.7 Å². The summed E-state index contributed by atoms with van der Waals surface area (Å²) in [6, 6.07) is 5.48. The minimum Gasteiger partial charge on any atom is -0.465 e. The fourth-order valence-corrected chi connectivity index (χ4v) is 2.90. The Balaban J connectivity index is 2.09. The summed E-state index contributed by atoms with van der Waals surface area (Å²) in [6.07, 6.45) is 1.73. The lowest BCUT2D eigenvalue weighted by molar-refractivity contribution is 0.0952. The number of hydrogen-bond donors (Lipinski definition) is 2. The molecular formula is C12H12BrN3O2S. The Morgan fingerprint density at radius 1 is 1.63 bits per heavy atom. The SMILES string of the molecule is Cc1oc(CSc2ncccc2Br)cc1C(=O)NN. The lowest BCUT2D eigenvalue weighted by Gasteiger charge is -2.00. The Hall–Kier alpha value is -1.31. The number of aryl methyl sites for hydroxylation is 1. The maximum absolute atomic E-state index is 11.5. The highest BCUT2D eigenvalue weighted by atomic mass is 79.9. The van der Waals surface area contributed by atoms with E-state index in [4.69, 9.17) is 10.3 Å². The molecule has 0 atom stereocenters. The average molecular weight is 342 g/mol. The maximum Gasteiger partial charge on any atom is 0.268 e. The van der Waals surface area contributed by atoms with E-state index in [0.717, 1.165) is 9.50 Å². The van der Waals surface area contributed by atoms with Gasteiger partial charge in [0.15, 0.2) is 0 Å². The van der Waals surface area contributed by atoms with Gasteiger partial charge in [0.2, 0.25) is 0 Å². The summed E-state index contributed by atoms with van der Waals surface area (Å²) in [5.41, 5.74) is 2.55. The predicted molar refractivity (Wildman–Crippen MR) is 76.6 cm³/mol. The van der Waals surface area contributed by atoms with Crippen LogP contribution in [0, 0.1) is 6.92 Å². The van der Waals surface area contributed by atoms with Gasteiger partial charge in [-0.05, 0) is 41.1 Å². The first-order valence-corrected chi connectivity index (χ1v) is 7.23. The highest BCUT2D eigenvalue weighted by Gasteiger charge is 2.14. The molecule has 0 saturated heterocycles. The molecule has 0 unspecified atom stereocenters. The van der Waals surface area contributed by atoms with Crippen LogP contribution >= 0.6 is 27.7 Å². The van der Waals surface area contributed by atoms with Crippen molar-refractivity contribution in [1.29, 1.82) is 0 Å². The van der Waals surface area contributed by atoms with Crippen molar-refractivity contribution < 1.29 is 9.21 Å². The van der Waals surface area contributed by atoms with Gasteiger partial charge >= 0.3 is 0 Å². The molecule has 2 heterocycles. The van der Waals surface area contributed by atoms with Crippen molar-refractivity contribution in [3.8, 4) is 0 Å². The van der Waals surface area contributed by atoms with E-state index in [1.165, 1.54) is 11.8 Å². The van der Waals surface area contributed by atoms with Crippen molar-refractivity contribution in [3.63, 3.8) is 0 Å². The summed E-state index contributed by atoms with van der Waals surface area (Å²) in [4.78, 5) is 15.7. The Labute approximate surface area is 123 Å². The van der Waals surface area contributed by atoms with E-state index in [1.807, 2.05) is 12.1 Å². The van der Waals surface area contributed by atoms with Crippen LogP contribution in [0.2, 0.25) is 0 Å². The molecule has 2 rings (SSSR count). The lowest BCUT2D eigenvalue weighted by Crippen LogP contribution is -2.30. The maximum atomic E-state index is 11.5. The van der Waals surface area contributed by atoms with Gasteiger partial charge in [-0.15, -0.1) is 0 Å². The fourth-order valence-electron chi connectivity index (χ4n) is 1.53. The number of aromatic nitrogens is 1. The third kappa shape index (κ3) is 3.37. The monoisotopic (exact) mass is 341 g/mol. The van der Waals surface area contributed by atoms with Crippen LogP contribution in [0.4, 0.5) is 0 Å². The Kier molecular flexibility index (Phi) is 4.62. The van der Waals surface area contributed by atoms with Crippen molar-refractivity contribution >= 4 is 33.6 Å². The molecule has 3 N–H and O–H groups in total. The normalized spacial score (nSPS) is 10.5. The van der Waals surface area contributed by atoms with E-state index in [-0.39, 0.29) is 5.91 Å². The molecule has 1 amide bonds. The third-order valence-corrected chi connectivity index (χ3v) is 4.35. The van der Waals surface area contributed by atoms with Crippen molar-refractivity contribution in [3.05, 3.63) is 46.0 Å². The number of furan rings is 1. The number of carbonyl (C=O) groups is 1. The molecule has 0 spiro atoms. The van der Waals surface area contributed by atoms with E-state index in [9.17, 15) is 4.79 Å². The average Bonchev–Trinajstić information content (AvgIpc) is 2.78. The van der Waals surface area contributed by atoms with Gasteiger partial charge in [-0.25, -0.2) is 10.8 Å². The van der Waals surface area contributed by atoms with Crippen LogP contribution in [0.3, 0.4) is 0 Å². The first-order valence-electron chi connectivity index (χ1n) is 5.45. The number of rotatable bonds is 4.